The van der Waals surface area contributed by atoms with Gasteiger partial charge in [-0.25, -0.2) is 16.8 Å². The zero-order valence-corrected chi connectivity index (χ0v) is 15.5. The van der Waals surface area contributed by atoms with Gasteiger partial charge in [0.2, 0.25) is 10.0 Å². The molecule has 1 aromatic carbocycles. The van der Waals surface area contributed by atoms with E-state index in [1.54, 1.807) is 36.4 Å². The van der Waals surface area contributed by atoms with E-state index < -0.39 is 25.9 Å². The van der Waals surface area contributed by atoms with Crippen molar-refractivity contribution in [3.8, 4) is 6.07 Å². The molecule has 2 aromatic rings. The summed E-state index contributed by atoms with van der Waals surface area (Å²) in [6, 6.07) is 11.1. The second kappa shape index (κ2) is 7.23. The van der Waals surface area contributed by atoms with E-state index in [-0.39, 0.29) is 35.8 Å². The molecule has 0 spiro atoms. The summed E-state index contributed by atoms with van der Waals surface area (Å²) in [5.41, 5.74) is 0.674. The first-order valence-electron chi connectivity index (χ1n) is 8.01. The molecule has 1 aliphatic rings. The molecule has 1 atom stereocenters. The molecule has 0 N–H and O–H groups in total. The molecule has 7 nitrogen and oxygen atoms in total. The number of rotatable bonds is 6. The lowest BCUT2D eigenvalue weighted by Gasteiger charge is -2.26. The van der Waals surface area contributed by atoms with Crippen molar-refractivity contribution < 1.29 is 21.3 Å². The standard InChI is InChI=1S/C17H18N2O5S2/c18-10-14-4-1-2-5-15(14)12-26(22,23)19(11-17-6-3-8-24-17)16-7-9-25(20,21)13-16/h1-6,8,16H,7,9,11-13H2/t16-/m0/s1. The van der Waals surface area contributed by atoms with Gasteiger partial charge < -0.3 is 4.42 Å². The topological polar surface area (TPSA) is 108 Å². The number of sulfone groups is 1. The fourth-order valence-electron chi connectivity index (χ4n) is 3.05. The Balaban J connectivity index is 1.93. The van der Waals surface area contributed by atoms with E-state index in [1.165, 1.54) is 10.6 Å². The molecule has 0 unspecified atom stereocenters. The molecule has 138 valence electrons. The average Bonchev–Trinajstić information content (AvgIpc) is 3.21. The summed E-state index contributed by atoms with van der Waals surface area (Å²) in [4.78, 5) is 0. The molecule has 26 heavy (non-hydrogen) atoms. The van der Waals surface area contributed by atoms with Crippen LogP contribution in [0.1, 0.15) is 23.3 Å². The Morgan fingerprint density at radius 3 is 2.62 bits per heavy atom. The van der Waals surface area contributed by atoms with Crippen LogP contribution < -0.4 is 0 Å². The van der Waals surface area contributed by atoms with Crippen LogP contribution in [0.15, 0.2) is 47.1 Å². The Kier molecular flexibility index (Phi) is 5.18. The highest BCUT2D eigenvalue weighted by molar-refractivity contribution is 7.92. The predicted molar refractivity (Wildman–Crippen MR) is 95.1 cm³/mol. The minimum atomic E-state index is -3.86. The summed E-state index contributed by atoms with van der Waals surface area (Å²) in [5.74, 6) is -0.163. The third-order valence-corrected chi connectivity index (χ3v) is 7.91. The highest BCUT2D eigenvalue weighted by Gasteiger charge is 2.38. The minimum Gasteiger partial charge on any atom is -0.468 e. The Labute approximate surface area is 152 Å². The molecule has 3 rings (SSSR count). The summed E-state index contributed by atoms with van der Waals surface area (Å²) >= 11 is 0. The van der Waals surface area contributed by atoms with Crippen LogP contribution in [0.4, 0.5) is 0 Å². The highest BCUT2D eigenvalue weighted by atomic mass is 32.2. The van der Waals surface area contributed by atoms with Crippen LogP contribution in [0.3, 0.4) is 0 Å². The smallest absolute Gasteiger partial charge is 0.219 e. The lowest BCUT2D eigenvalue weighted by molar-refractivity contribution is 0.306. The number of nitriles is 1. The number of furan rings is 1. The van der Waals surface area contributed by atoms with E-state index in [1.807, 2.05) is 6.07 Å². The number of benzene rings is 1. The van der Waals surface area contributed by atoms with Gasteiger partial charge in [0.1, 0.15) is 5.76 Å². The zero-order valence-electron chi connectivity index (χ0n) is 13.9. The summed E-state index contributed by atoms with van der Waals surface area (Å²) < 4.78 is 56.3. The molecule has 1 aromatic heterocycles. The van der Waals surface area contributed by atoms with Crippen LogP contribution in [0, 0.1) is 11.3 Å². The maximum Gasteiger partial charge on any atom is 0.219 e. The van der Waals surface area contributed by atoms with Crippen molar-refractivity contribution in [3.05, 3.63) is 59.5 Å². The molecule has 0 saturated carbocycles. The molecule has 0 bridgehead atoms. The SMILES string of the molecule is N#Cc1ccccc1CS(=O)(=O)N(Cc1ccco1)[C@H]1CCS(=O)(=O)C1. The highest BCUT2D eigenvalue weighted by Crippen LogP contribution is 2.26. The summed E-state index contributed by atoms with van der Waals surface area (Å²) in [7, 11) is -7.11. The van der Waals surface area contributed by atoms with Gasteiger partial charge in [-0.15, -0.1) is 0 Å². The molecule has 0 radical (unpaired) electrons. The summed E-state index contributed by atoms with van der Waals surface area (Å²) in [5, 5.41) is 9.19. The number of nitrogens with zero attached hydrogens (tertiary/aromatic N) is 2. The largest absolute Gasteiger partial charge is 0.468 e. The first-order chi connectivity index (χ1) is 12.3. The zero-order chi connectivity index (χ0) is 18.8. The molecule has 2 heterocycles. The van der Waals surface area contributed by atoms with Crippen LogP contribution in [-0.4, -0.2) is 38.7 Å². The fourth-order valence-corrected chi connectivity index (χ4v) is 6.64. The Morgan fingerprint density at radius 1 is 1.23 bits per heavy atom. The summed E-state index contributed by atoms with van der Waals surface area (Å²) in [6.07, 6.45) is 1.69. The Hall–Kier alpha value is -2.15. The fraction of sp³-hybridized carbons (Fsp3) is 0.353. The maximum absolute atomic E-state index is 13.1. The van der Waals surface area contributed by atoms with Crippen LogP contribution in [0.25, 0.3) is 0 Å². The second-order valence-corrected chi connectivity index (χ2v) is 10.4. The molecule has 0 aliphatic carbocycles. The first-order valence-corrected chi connectivity index (χ1v) is 11.4. The van der Waals surface area contributed by atoms with E-state index >= 15 is 0 Å². The molecule has 1 fully saturated rings. The van der Waals surface area contributed by atoms with Crippen LogP contribution in [0.5, 0.6) is 0 Å². The van der Waals surface area contributed by atoms with Gasteiger partial charge in [0, 0.05) is 6.04 Å². The van der Waals surface area contributed by atoms with Gasteiger partial charge in [-0.3, -0.25) is 0 Å². The number of hydrogen-bond acceptors (Lipinski definition) is 6. The van der Waals surface area contributed by atoms with Gasteiger partial charge in [0.05, 0.1) is 41.7 Å². The first kappa shape index (κ1) is 18.6. The van der Waals surface area contributed by atoms with Crippen molar-refractivity contribution in [2.45, 2.75) is 24.8 Å². The van der Waals surface area contributed by atoms with E-state index in [0.29, 0.717) is 11.3 Å². The van der Waals surface area contributed by atoms with E-state index in [9.17, 15) is 22.1 Å². The molecular weight excluding hydrogens is 376 g/mol. The van der Waals surface area contributed by atoms with Gasteiger partial charge in [0.25, 0.3) is 0 Å². The number of sulfonamides is 1. The average molecular weight is 394 g/mol. The third kappa shape index (κ3) is 4.15. The minimum absolute atomic E-state index is 0.0311. The van der Waals surface area contributed by atoms with Crippen molar-refractivity contribution in [1.82, 2.24) is 4.31 Å². The monoisotopic (exact) mass is 394 g/mol. The van der Waals surface area contributed by atoms with Gasteiger partial charge in [-0.2, -0.15) is 9.57 Å². The van der Waals surface area contributed by atoms with Crippen LogP contribution in [-0.2, 0) is 32.2 Å². The van der Waals surface area contributed by atoms with Gasteiger partial charge >= 0.3 is 0 Å². The third-order valence-electron chi connectivity index (χ3n) is 4.34. The van der Waals surface area contributed by atoms with Crippen LogP contribution >= 0.6 is 0 Å². The van der Waals surface area contributed by atoms with Crippen molar-refractivity contribution >= 4 is 19.9 Å². The van der Waals surface area contributed by atoms with E-state index in [2.05, 4.69) is 0 Å². The van der Waals surface area contributed by atoms with E-state index in [0.717, 1.165) is 0 Å². The predicted octanol–water partition coefficient (Wildman–Crippen LogP) is 1.67. The summed E-state index contributed by atoms with van der Waals surface area (Å²) in [6.45, 7) is -0.0375. The van der Waals surface area contributed by atoms with Gasteiger partial charge in [-0.1, -0.05) is 18.2 Å². The van der Waals surface area contributed by atoms with Gasteiger partial charge in [-0.05, 0) is 30.2 Å². The van der Waals surface area contributed by atoms with Crippen LogP contribution in [0.2, 0.25) is 0 Å². The van der Waals surface area contributed by atoms with Crippen molar-refractivity contribution in [3.63, 3.8) is 0 Å². The molecule has 1 saturated heterocycles. The van der Waals surface area contributed by atoms with Crippen molar-refractivity contribution in [1.29, 1.82) is 5.26 Å². The van der Waals surface area contributed by atoms with Crippen molar-refractivity contribution in [2.75, 3.05) is 11.5 Å². The maximum atomic E-state index is 13.1. The molecule has 1 aliphatic heterocycles. The second-order valence-electron chi connectivity index (χ2n) is 6.21. The molecule has 0 amide bonds. The van der Waals surface area contributed by atoms with Crippen molar-refractivity contribution in [2.24, 2.45) is 0 Å². The quantitative estimate of drug-likeness (QED) is 0.737. The lowest BCUT2D eigenvalue weighted by atomic mass is 10.1. The number of hydrogen-bond donors (Lipinski definition) is 0. The van der Waals surface area contributed by atoms with Gasteiger partial charge in [0.15, 0.2) is 9.84 Å². The van der Waals surface area contributed by atoms with E-state index in [4.69, 9.17) is 4.42 Å². The lowest BCUT2D eigenvalue weighted by Crippen LogP contribution is -2.41. The normalized spacial score (nSPS) is 19.5. The Bertz CT molecular complexity index is 1020. The molecule has 9 heteroatoms. The molecular formula is C17H18N2O5S2. The Morgan fingerprint density at radius 2 is 2.00 bits per heavy atom.